The van der Waals surface area contributed by atoms with Crippen LogP contribution < -0.4 is 11.1 Å². The van der Waals surface area contributed by atoms with Gasteiger partial charge in [-0.25, -0.2) is 0 Å². The second kappa shape index (κ2) is 6.77. The first-order valence-corrected chi connectivity index (χ1v) is 6.56. The molecule has 1 aromatic rings. The Balaban J connectivity index is 2.37. The van der Waals surface area contributed by atoms with E-state index in [0.717, 1.165) is 19.6 Å². The van der Waals surface area contributed by atoms with Gasteiger partial charge in [0, 0.05) is 13.1 Å². The van der Waals surface area contributed by atoms with E-state index in [9.17, 15) is 0 Å². The molecule has 0 aromatic heterocycles. The molecule has 0 saturated carbocycles. The van der Waals surface area contributed by atoms with Gasteiger partial charge in [0.15, 0.2) is 0 Å². The maximum absolute atomic E-state index is 5.70. The molecule has 0 fully saturated rings. The summed E-state index contributed by atoms with van der Waals surface area (Å²) in [7, 11) is 0. The van der Waals surface area contributed by atoms with E-state index in [4.69, 9.17) is 5.73 Å². The number of hydrogen-bond donors (Lipinski definition) is 2. The zero-order valence-electron chi connectivity index (χ0n) is 11.4. The first kappa shape index (κ1) is 14.2. The Bertz CT molecular complexity index is 314. The van der Waals surface area contributed by atoms with Crippen LogP contribution in [0.2, 0.25) is 0 Å². The highest BCUT2D eigenvalue weighted by Gasteiger charge is 2.14. The van der Waals surface area contributed by atoms with Crippen molar-refractivity contribution in [3.8, 4) is 0 Å². The van der Waals surface area contributed by atoms with Gasteiger partial charge in [-0.05, 0) is 29.5 Å². The molecule has 1 rings (SSSR count). The molecule has 0 atom stereocenters. The van der Waals surface area contributed by atoms with E-state index < -0.39 is 0 Å². The first-order valence-electron chi connectivity index (χ1n) is 6.56. The van der Waals surface area contributed by atoms with Gasteiger partial charge in [0.1, 0.15) is 0 Å². The van der Waals surface area contributed by atoms with Crippen molar-refractivity contribution >= 4 is 0 Å². The predicted octanol–water partition coefficient (Wildman–Crippen LogP) is 2.71. The van der Waals surface area contributed by atoms with Crippen molar-refractivity contribution in [2.24, 2.45) is 11.1 Å². The second-order valence-electron chi connectivity index (χ2n) is 5.54. The molecule has 2 nitrogen and oxygen atoms in total. The molecule has 17 heavy (non-hydrogen) atoms. The molecule has 3 N–H and O–H groups in total. The van der Waals surface area contributed by atoms with Crippen LogP contribution in [-0.4, -0.2) is 13.1 Å². The lowest BCUT2D eigenvalue weighted by molar-refractivity contribution is 0.351. The number of nitrogens with two attached hydrogens (primary N) is 1. The molecule has 0 unspecified atom stereocenters. The van der Waals surface area contributed by atoms with E-state index >= 15 is 0 Å². The second-order valence-corrected chi connectivity index (χ2v) is 5.54. The van der Waals surface area contributed by atoms with E-state index in [1.807, 2.05) is 0 Å². The van der Waals surface area contributed by atoms with E-state index in [1.165, 1.54) is 24.0 Å². The zero-order chi connectivity index (χ0) is 12.7. The van der Waals surface area contributed by atoms with E-state index in [-0.39, 0.29) is 5.41 Å². The zero-order valence-corrected chi connectivity index (χ0v) is 11.4. The number of nitrogens with one attached hydrogen (secondary N) is 1. The molecule has 1 aromatic carbocycles. The van der Waals surface area contributed by atoms with Crippen molar-refractivity contribution in [2.45, 2.75) is 40.2 Å². The molecular weight excluding hydrogens is 208 g/mol. The molecule has 0 amide bonds. The Morgan fingerprint density at radius 1 is 1.12 bits per heavy atom. The molecule has 0 spiro atoms. The van der Waals surface area contributed by atoms with Gasteiger partial charge < -0.3 is 11.1 Å². The minimum absolute atomic E-state index is 0.183. The minimum Gasteiger partial charge on any atom is -0.330 e. The summed E-state index contributed by atoms with van der Waals surface area (Å²) in [6.07, 6.45) is 2.39. The molecule has 0 saturated heterocycles. The molecule has 0 radical (unpaired) electrons. The molecular formula is C15H26N2. The lowest BCUT2D eigenvalue weighted by Gasteiger charge is -2.22. The van der Waals surface area contributed by atoms with Crippen molar-refractivity contribution in [2.75, 3.05) is 13.1 Å². The summed E-state index contributed by atoms with van der Waals surface area (Å²) in [5.41, 5.74) is 8.66. The molecule has 0 bridgehead atoms. The molecule has 0 heterocycles. The largest absolute Gasteiger partial charge is 0.330 e. The Kier molecular flexibility index (Phi) is 5.66. The van der Waals surface area contributed by atoms with Gasteiger partial charge >= 0.3 is 0 Å². The Hall–Kier alpha value is -0.860. The Labute approximate surface area is 106 Å². The highest BCUT2D eigenvalue weighted by molar-refractivity contribution is 5.22. The third-order valence-electron chi connectivity index (χ3n) is 3.05. The molecule has 0 aliphatic rings. The summed E-state index contributed by atoms with van der Waals surface area (Å²) in [6, 6.07) is 8.89. The fourth-order valence-electron chi connectivity index (χ4n) is 1.73. The quantitative estimate of drug-likeness (QED) is 0.761. The monoisotopic (exact) mass is 234 g/mol. The Morgan fingerprint density at radius 3 is 2.24 bits per heavy atom. The summed E-state index contributed by atoms with van der Waals surface area (Å²) in [4.78, 5) is 0. The number of hydrogen-bond acceptors (Lipinski definition) is 2. The number of rotatable bonds is 7. The van der Waals surface area contributed by atoms with Crippen LogP contribution in [0.5, 0.6) is 0 Å². The van der Waals surface area contributed by atoms with Gasteiger partial charge in [-0.3, -0.25) is 0 Å². The van der Waals surface area contributed by atoms with Crippen LogP contribution in [0.15, 0.2) is 24.3 Å². The molecule has 0 aliphatic heterocycles. The van der Waals surface area contributed by atoms with Gasteiger partial charge in [0.25, 0.3) is 0 Å². The average molecular weight is 234 g/mol. The summed E-state index contributed by atoms with van der Waals surface area (Å²) < 4.78 is 0. The predicted molar refractivity (Wildman–Crippen MR) is 75.0 cm³/mol. The standard InChI is InChI=1S/C15H26N2/c1-4-5-13-6-8-14(9-7-13)10-17-12-15(2,3)11-16/h6-9,17H,4-5,10-12,16H2,1-3H3. The SMILES string of the molecule is CCCc1ccc(CNCC(C)(C)CN)cc1. The van der Waals surface area contributed by atoms with Gasteiger partial charge in [0.2, 0.25) is 0 Å². The van der Waals surface area contributed by atoms with E-state index in [2.05, 4.69) is 50.4 Å². The lowest BCUT2D eigenvalue weighted by atomic mass is 9.94. The van der Waals surface area contributed by atoms with E-state index in [0.29, 0.717) is 0 Å². The Morgan fingerprint density at radius 2 is 1.71 bits per heavy atom. The number of aryl methyl sites for hydroxylation is 1. The summed E-state index contributed by atoms with van der Waals surface area (Å²) >= 11 is 0. The van der Waals surface area contributed by atoms with Crippen LogP contribution in [0, 0.1) is 5.41 Å². The lowest BCUT2D eigenvalue weighted by Crippen LogP contribution is -2.35. The maximum Gasteiger partial charge on any atom is 0.0205 e. The van der Waals surface area contributed by atoms with Gasteiger partial charge in [-0.1, -0.05) is 51.5 Å². The molecule has 96 valence electrons. The van der Waals surface area contributed by atoms with Crippen LogP contribution in [-0.2, 0) is 13.0 Å². The van der Waals surface area contributed by atoms with Crippen LogP contribution in [0.25, 0.3) is 0 Å². The third kappa shape index (κ3) is 5.33. The van der Waals surface area contributed by atoms with Crippen LogP contribution in [0.1, 0.15) is 38.3 Å². The van der Waals surface area contributed by atoms with Crippen LogP contribution in [0.4, 0.5) is 0 Å². The van der Waals surface area contributed by atoms with E-state index in [1.54, 1.807) is 0 Å². The van der Waals surface area contributed by atoms with Crippen molar-refractivity contribution in [3.05, 3.63) is 35.4 Å². The summed E-state index contributed by atoms with van der Waals surface area (Å²) in [5, 5.41) is 3.46. The normalized spacial score (nSPS) is 11.8. The minimum atomic E-state index is 0.183. The maximum atomic E-state index is 5.70. The van der Waals surface area contributed by atoms with Crippen molar-refractivity contribution in [3.63, 3.8) is 0 Å². The summed E-state index contributed by atoms with van der Waals surface area (Å²) in [5.74, 6) is 0. The van der Waals surface area contributed by atoms with Gasteiger partial charge in [0.05, 0.1) is 0 Å². The highest BCUT2D eigenvalue weighted by Crippen LogP contribution is 2.11. The third-order valence-corrected chi connectivity index (χ3v) is 3.05. The topological polar surface area (TPSA) is 38.0 Å². The highest BCUT2D eigenvalue weighted by atomic mass is 14.9. The van der Waals surface area contributed by atoms with Crippen LogP contribution >= 0.6 is 0 Å². The first-order chi connectivity index (χ1) is 8.07. The smallest absolute Gasteiger partial charge is 0.0205 e. The molecule has 0 aliphatic carbocycles. The van der Waals surface area contributed by atoms with Gasteiger partial charge in [-0.15, -0.1) is 0 Å². The number of benzene rings is 1. The van der Waals surface area contributed by atoms with Crippen molar-refractivity contribution < 1.29 is 0 Å². The fraction of sp³-hybridized carbons (Fsp3) is 0.600. The van der Waals surface area contributed by atoms with Crippen LogP contribution in [0.3, 0.4) is 0 Å². The van der Waals surface area contributed by atoms with Crippen molar-refractivity contribution in [1.29, 1.82) is 0 Å². The average Bonchev–Trinajstić information content (AvgIpc) is 2.32. The molecule has 2 heteroatoms. The summed E-state index contributed by atoms with van der Waals surface area (Å²) in [6.45, 7) is 9.19. The van der Waals surface area contributed by atoms with Gasteiger partial charge in [-0.2, -0.15) is 0 Å². The van der Waals surface area contributed by atoms with Crippen molar-refractivity contribution in [1.82, 2.24) is 5.32 Å². The fourth-order valence-corrected chi connectivity index (χ4v) is 1.73.